The quantitative estimate of drug-likeness (QED) is 0.669. The van der Waals surface area contributed by atoms with Crippen LogP contribution in [0.2, 0.25) is 0 Å². The minimum atomic E-state index is 0.459. The van der Waals surface area contributed by atoms with Crippen LogP contribution in [0, 0.1) is 5.41 Å². The van der Waals surface area contributed by atoms with Gasteiger partial charge in [0.15, 0.2) is 0 Å². The van der Waals surface area contributed by atoms with E-state index in [1.165, 1.54) is 18.5 Å². The molecule has 0 bridgehead atoms. The predicted molar refractivity (Wildman–Crippen MR) is 82.0 cm³/mol. The molecule has 0 aromatic carbocycles. The largest absolute Gasteiger partial charge is 0.383 e. The van der Waals surface area contributed by atoms with Crippen LogP contribution in [-0.4, -0.2) is 36.6 Å². The summed E-state index contributed by atoms with van der Waals surface area (Å²) in [4.78, 5) is 0. The van der Waals surface area contributed by atoms with E-state index in [0.717, 1.165) is 39.0 Å². The molecule has 20 heavy (non-hydrogen) atoms. The summed E-state index contributed by atoms with van der Waals surface area (Å²) in [6.45, 7) is 7.29. The van der Waals surface area contributed by atoms with E-state index in [1.54, 1.807) is 7.11 Å². The summed E-state index contributed by atoms with van der Waals surface area (Å²) in [5, 5.41) is 8.29. The van der Waals surface area contributed by atoms with Crippen molar-refractivity contribution in [2.24, 2.45) is 5.41 Å². The van der Waals surface area contributed by atoms with Crippen LogP contribution in [0.4, 0.5) is 0 Å². The van der Waals surface area contributed by atoms with Gasteiger partial charge in [0.1, 0.15) is 0 Å². The monoisotopic (exact) mass is 279 g/mol. The van der Waals surface area contributed by atoms with Crippen molar-refractivity contribution in [2.75, 3.05) is 26.8 Å². The molecule has 0 unspecified atom stereocenters. The molecule has 1 aromatic rings. The average molecular weight is 279 g/mol. The van der Waals surface area contributed by atoms with E-state index in [0.29, 0.717) is 11.5 Å². The van der Waals surface area contributed by atoms with E-state index < -0.39 is 0 Å². The summed E-state index contributed by atoms with van der Waals surface area (Å²) in [6, 6.07) is 2.76. The van der Waals surface area contributed by atoms with E-state index in [4.69, 9.17) is 9.84 Å². The van der Waals surface area contributed by atoms with Crippen LogP contribution >= 0.6 is 0 Å². The Balaban J connectivity index is 1.83. The van der Waals surface area contributed by atoms with Crippen molar-refractivity contribution in [1.82, 2.24) is 15.1 Å². The minimum absolute atomic E-state index is 0.459. The standard InChI is InChI=1S/C16H29N3O/c1-4-15(5-2)19-10-6-14(18-19)12-16(7-8-16)13-17-9-11-20-3/h6,10,15,17H,4-5,7-9,11-13H2,1-3H3. The summed E-state index contributed by atoms with van der Waals surface area (Å²) < 4.78 is 7.23. The zero-order valence-corrected chi connectivity index (χ0v) is 13.2. The van der Waals surface area contributed by atoms with Crippen molar-refractivity contribution in [3.05, 3.63) is 18.0 Å². The first-order chi connectivity index (χ1) is 9.73. The first-order valence-corrected chi connectivity index (χ1v) is 7.96. The number of nitrogens with zero attached hydrogens (tertiary/aromatic N) is 2. The van der Waals surface area contributed by atoms with Gasteiger partial charge in [0.05, 0.1) is 18.3 Å². The summed E-state index contributed by atoms with van der Waals surface area (Å²) in [5.74, 6) is 0. The Morgan fingerprint density at radius 1 is 1.40 bits per heavy atom. The van der Waals surface area contributed by atoms with Gasteiger partial charge >= 0.3 is 0 Å². The van der Waals surface area contributed by atoms with E-state index in [-0.39, 0.29) is 0 Å². The van der Waals surface area contributed by atoms with Crippen LogP contribution < -0.4 is 5.32 Å². The maximum absolute atomic E-state index is 5.07. The highest BCUT2D eigenvalue weighted by Crippen LogP contribution is 2.47. The molecule has 1 N–H and O–H groups in total. The number of ether oxygens (including phenoxy) is 1. The fraction of sp³-hybridized carbons (Fsp3) is 0.812. The van der Waals surface area contributed by atoms with Gasteiger partial charge in [-0.25, -0.2) is 0 Å². The number of aromatic nitrogens is 2. The third kappa shape index (κ3) is 4.06. The van der Waals surface area contributed by atoms with Crippen LogP contribution in [0.25, 0.3) is 0 Å². The molecule has 1 fully saturated rings. The topological polar surface area (TPSA) is 39.1 Å². The van der Waals surface area contributed by atoms with Crippen molar-refractivity contribution in [3.8, 4) is 0 Å². The lowest BCUT2D eigenvalue weighted by Gasteiger charge is -2.15. The van der Waals surface area contributed by atoms with Gasteiger partial charge in [-0.3, -0.25) is 4.68 Å². The van der Waals surface area contributed by atoms with Gasteiger partial charge in [0.25, 0.3) is 0 Å². The Morgan fingerprint density at radius 3 is 2.75 bits per heavy atom. The van der Waals surface area contributed by atoms with E-state index >= 15 is 0 Å². The Bertz CT molecular complexity index is 394. The maximum atomic E-state index is 5.07. The highest BCUT2D eigenvalue weighted by Gasteiger charge is 2.42. The van der Waals surface area contributed by atoms with Gasteiger partial charge in [-0.15, -0.1) is 0 Å². The van der Waals surface area contributed by atoms with E-state index in [2.05, 4.69) is 36.1 Å². The molecule has 1 aromatic heterocycles. The van der Waals surface area contributed by atoms with E-state index in [9.17, 15) is 0 Å². The molecule has 1 aliphatic rings. The number of hydrogen-bond donors (Lipinski definition) is 1. The molecule has 0 spiro atoms. The molecule has 0 saturated heterocycles. The number of rotatable bonds is 10. The third-order valence-electron chi connectivity index (χ3n) is 4.48. The first-order valence-electron chi connectivity index (χ1n) is 7.96. The smallest absolute Gasteiger partial charge is 0.0630 e. The lowest BCUT2D eigenvalue weighted by molar-refractivity contribution is 0.197. The van der Waals surface area contributed by atoms with Gasteiger partial charge in [-0.1, -0.05) is 13.8 Å². The van der Waals surface area contributed by atoms with Crippen molar-refractivity contribution in [1.29, 1.82) is 0 Å². The van der Waals surface area contributed by atoms with E-state index in [1.807, 2.05) is 0 Å². The van der Waals surface area contributed by atoms with Crippen LogP contribution in [0.3, 0.4) is 0 Å². The lowest BCUT2D eigenvalue weighted by atomic mass is 10.0. The van der Waals surface area contributed by atoms with Gasteiger partial charge in [-0.05, 0) is 43.6 Å². The molecule has 2 rings (SSSR count). The SMILES string of the molecule is CCC(CC)n1ccc(CC2(CNCCOC)CC2)n1. The van der Waals surface area contributed by atoms with Crippen LogP contribution in [0.5, 0.6) is 0 Å². The predicted octanol–water partition coefficient (Wildman–Crippen LogP) is 2.80. The van der Waals surface area contributed by atoms with Gasteiger partial charge in [0.2, 0.25) is 0 Å². The second-order valence-corrected chi connectivity index (χ2v) is 6.10. The Morgan fingerprint density at radius 2 is 2.15 bits per heavy atom. The Labute approximate surface area is 122 Å². The van der Waals surface area contributed by atoms with Crippen molar-refractivity contribution >= 4 is 0 Å². The Kier molecular flexibility index (Phi) is 5.61. The van der Waals surface area contributed by atoms with Crippen molar-refractivity contribution < 1.29 is 4.74 Å². The molecule has 0 atom stereocenters. The molecular formula is C16H29N3O. The van der Waals surface area contributed by atoms with Crippen molar-refractivity contribution in [3.63, 3.8) is 0 Å². The number of nitrogens with one attached hydrogen (secondary N) is 1. The second-order valence-electron chi connectivity index (χ2n) is 6.10. The summed E-state index contributed by atoms with van der Waals surface area (Å²) in [6.07, 6.45) is 8.22. The zero-order valence-electron chi connectivity index (χ0n) is 13.2. The molecule has 1 saturated carbocycles. The number of hydrogen-bond acceptors (Lipinski definition) is 3. The summed E-state index contributed by atoms with van der Waals surface area (Å²) >= 11 is 0. The highest BCUT2D eigenvalue weighted by molar-refractivity contribution is 5.09. The molecular weight excluding hydrogens is 250 g/mol. The first kappa shape index (κ1) is 15.5. The lowest BCUT2D eigenvalue weighted by Crippen LogP contribution is -2.28. The molecule has 1 aliphatic carbocycles. The van der Waals surface area contributed by atoms with Crippen LogP contribution in [0.15, 0.2) is 12.3 Å². The number of methoxy groups -OCH3 is 1. The third-order valence-corrected chi connectivity index (χ3v) is 4.48. The molecule has 0 amide bonds. The fourth-order valence-electron chi connectivity index (χ4n) is 2.84. The minimum Gasteiger partial charge on any atom is -0.383 e. The molecule has 4 nitrogen and oxygen atoms in total. The average Bonchev–Trinajstić information content (AvgIpc) is 3.06. The maximum Gasteiger partial charge on any atom is 0.0630 e. The molecule has 1 heterocycles. The van der Waals surface area contributed by atoms with Crippen molar-refractivity contribution in [2.45, 2.75) is 52.0 Å². The second kappa shape index (κ2) is 7.23. The summed E-state index contributed by atoms with van der Waals surface area (Å²) in [5.41, 5.74) is 1.71. The zero-order chi connectivity index (χ0) is 14.4. The molecule has 114 valence electrons. The fourth-order valence-corrected chi connectivity index (χ4v) is 2.84. The van der Waals surface area contributed by atoms with Gasteiger partial charge in [0, 0.05) is 26.4 Å². The van der Waals surface area contributed by atoms with Crippen LogP contribution in [-0.2, 0) is 11.2 Å². The summed E-state index contributed by atoms with van der Waals surface area (Å²) in [7, 11) is 1.75. The normalized spacial score (nSPS) is 16.8. The molecule has 0 aliphatic heterocycles. The molecule has 0 radical (unpaired) electrons. The van der Waals surface area contributed by atoms with Gasteiger partial charge in [-0.2, -0.15) is 5.10 Å². The van der Waals surface area contributed by atoms with Gasteiger partial charge < -0.3 is 10.1 Å². The highest BCUT2D eigenvalue weighted by atomic mass is 16.5. The Hall–Kier alpha value is -0.870. The van der Waals surface area contributed by atoms with Crippen LogP contribution in [0.1, 0.15) is 51.3 Å². The molecule has 4 heteroatoms.